The Morgan fingerprint density at radius 1 is 0.958 bits per heavy atom. The van der Waals surface area contributed by atoms with E-state index in [1.54, 1.807) is 38.1 Å². The van der Waals surface area contributed by atoms with Crippen molar-refractivity contribution in [2.24, 2.45) is 0 Å². The minimum atomic E-state index is -0.508. The average molecular weight is 338 g/mol. The van der Waals surface area contributed by atoms with Gasteiger partial charge in [0, 0.05) is 6.07 Å². The van der Waals surface area contributed by atoms with Gasteiger partial charge in [-0.1, -0.05) is 12.7 Å². The number of hydrogen-bond donors (Lipinski definition) is 0. The summed E-state index contributed by atoms with van der Waals surface area (Å²) in [5, 5.41) is 0. The molecule has 24 heavy (non-hydrogen) atoms. The van der Waals surface area contributed by atoms with Crippen LogP contribution in [0, 0.1) is 0 Å². The molecule has 7 nitrogen and oxygen atoms in total. The molecule has 1 aromatic carbocycles. The van der Waals surface area contributed by atoms with Crippen LogP contribution in [0.1, 0.15) is 13.8 Å². The molecule has 0 N–H and O–H groups in total. The summed E-state index contributed by atoms with van der Waals surface area (Å²) >= 11 is 0. The number of benzene rings is 1. The molecule has 1 aromatic rings. The lowest BCUT2D eigenvalue weighted by atomic mass is 10.3. The minimum absolute atomic E-state index is 0.258. The maximum Gasteiger partial charge on any atom is 0.344 e. The van der Waals surface area contributed by atoms with Crippen LogP contribution in [0.3, 0.4) is 0 Å². The molecule has 0 saturated carbocycles. The molecule has 0 atom stereocenters. The first kappa shape index (κ1) is 19.3. The summed E-state index contributed by atoms with van der Waals surface area (Å²) in [6.07, 6.45) is 1.60. The molecule has 0 amide bonds. The molecule has 0 heterocycles. The fourth-order valence-electron chi connectivity index (χ4n) is 1.64. The fraction of sp³-hybridized carbons (Fsp3) is 0.412. The number of hydrogen-bond acceptors (Lipinski definition) is 7. The molecular formula is C17H22O7. The van der Waals surface area contributed by atoms with Crippen LogP contribution >= 0.6 is 0 Å². The smallest absolute Gasteiger partial charge is 0.344 e. The Labute approximate surface area is 141 Å². The maximum atomic E-state index is 11.4. The Hall–Kier alpha value is -2.70. The molecule has 132 valence electrons. The topological polar surface area (TPSA) is 80.3 Å². The predicted octanol–water partition coefficient (Wildman–Crippen LogP) is 2.14. The van der Waals surface area contributed by atoms with Gasteiger partial charge in [-0.25, -0.2) is 9.59 Å². The molecule has 0 aliphatic carbocycles. The summed E-state index contributed by atoms with van der Waals surface area (Å²) in [5.74, 6) is 0.0524. The molecule has 1 rings (SSSR count). The Balaban J connectivity index is 2.80. The van der Waals surface area contributed by atoms with Gasteiger partial charge in [0.15, 0.2) is 24.7 Å². The van der Waals surface area contributed by atoms with E-state index >= 15 is 0 Å². The van der Waals surface area contributed by atoms with Gasteiger partial charge in [-0.2, -0.15) is 0 Å². The summed E-state index contributed by atoms with van der Waals surface area (Å²) in [6, 6.07) is 4.79. The third-order valence-corrected chi connectivity index (χ3v) is 2.58. The highest BCUT2D eigenvalue weighted by molar-refractivity contribution is 5.72. The van der Waals surface area contributed by atoms with Crippen molar-refractivity contribution in [1.29, 1.82) is 0 Å². The van der Waals surface area contributed by atoms with E-state index in [-0.39, 0.29) is 32.2 Å². The maximum absolute atomic E-state index is 11.4. The number of carbonyl (C=O) groups excluding carboxylic acids is 2. The Morgan fingerprint density at radius 3 is 2.08 bits per heavy atom. The zero-order valence-corrected chi connectivity index (χ0v) is 13.9. The van der Waals surface area contributed by atoms with Crippen LogP contribution < -0.4 is 14.2 Å². The van der Waals surface area contributed by atoms with Crippen molar-refractivity contribution >= 4 is 11.9 Å². The molecule has 0 aliphatic heterocycles. The van der Waals surface area contributed by atoms with Crippen LogP contribution in [0.15, 0.2) is 30.9 Å². The van der Waals surface area contributed by atoms with Crippen LogP contribution in [0.4, 0.5) is 0 Å². The Bertz CT molecular complexity index is 554. The van der Waals surface area contributed by atoms with E-state index in [0.29, 0.717) is 18.1 Å². The van der Waals surface area contributed by atoms with Gasteiger partial charge in [0.1, 0.15) is 12.4 Å². The van der Waals surface area contributed by atoms with Gasteiger partial charge in [-0.05, 0) is 26.0 Å². The number of esters is 2. The molecule has 0 spiro atoms. The van der Waals surface area contributed by atoms with Crippen LogP contribution in [0.25, 0.3) is 0 Å². The monoisotopic (exact) mass is 338 g/mol. The quantitative estimate of drug-likeness (QED) is 0.452. The van der Waals surface area contributed by atoms with Crippen molar-refractivity contribution in [2.75, 3.05) is 33.0 Å². The normalized spacial score (nSPS) is 9.75. The molecule has 0 fully saturated rings. The highest BCUT2D eigenvalue weighted by Gasteiger charge is 2.12. The predicted molar refractivity (Wildman–Crippen MR) is 86.4 cm³/mol. The van der Waals surface area contributed by atoms with Crippen molar-refractivity contribution in [3.8, 4) is 17.2 Å². The number of carbonyl (C=O) groups is 2. The lowest BCUT2D eigenvalue weighted by Gasteiger charge is -2.13. The number of ether oxygens (including phenoxy) is 5. The lowest BCUT2D eigenvalue weighted by Crippen LogP contribution is -2.17. The molecule has 0 bridgehead atoms. The Morgan fingerprint density at radius 2 is 1.54 bits per heavy atom. The van der Waals surface area contributed by atoms with Gasteiger partial charge in [0.2, 0.25) is 0 Å². The molecule has 0 aromatic heterocycles. The van der Waals surface area contributed by atoms with E-state index in [1.165, 1.54) is 0 Å². The highest BCUT2D eigenvalue weighted by atomic mass is 16.6. The number of rotatable bonds is 11. The largest absolute Gasteiger partial charge is 0.489 e. The van der Waals surface area contributed by atoms with E-state index < -0.39 is 11.9 Å². The average Bonchev–Trinajstić information content (AvgIpc) is 2.57. The second-order valence-electron chi connectivity index (χ2n) is 4.40. The molecule has 0 unspecified atom stereocenters. The van der Waals surface area contributed by atoms with Gasteiger partial charge in [0.25, 0.3) is 0 Å². The first-order chi connectivity index (χ1) is 11.6. The van der Waals surface area contributed by atoms with Crippen LogP contribution in [-0.4, -0.2) is 45.0 Å². The molecule has 0 saturated heterocycles. The summed E-state index contributed by atoms with van der Waals surface area (Å²) < 4.78 is 25.8. The third-order valence-electron chi connectivity index (χ3n) is 2.58. The molecule has 7 heteroatoms. The SMILES string of the molecule is C=CCOc1ccc(OCC(=O)OCC)c(OCC(=O)OCC)c1. The van der Waals surface area contributed by atoms with E-state index in [0.717, 1.165) is 0 Å². The summed E-state index contributed by atoms with van der Waals surface area (Å²) in [6.45, 7) is 7.27. The minimum Gasteiger partial charge on any atom is -0.489 e. The summed E-state index contributed by atoms with van der Waals surface area (Å²) in [5.41, 5.74) is 0. The van der Waals surface area contributed by atoms with Gasteiger partial charge in [-0.15, -0.1) is 0 Å². The van der Waals surface area contributed by atoms with Crippen LogP contribution in [-0.2, 0) is 19.1 Å². The van der Waals surface area contributed by atoms with Crippen molar-refractivity contribution in [1.82, 2.24) is 0 Å². The molecule has 0 radical (unpaired) electrons. The molecular weight excluding hydrogens is 316 g/mol. The van der Waals surface area contributed by atoms with Crippen molar-refractivity contribution in [3.05, 3.63) is 30.9 Å². The van der Waals surface area contributed by atoms with Gasteiger partial charge in [0.05, 0.1) is 13.2 Å². The van der Waals surface area contributed by atoms with Gasteiger partial charge < -0.3 is 23.7 Å². The second kappa shape index (κ2) is 10.9. The zero-order chi connectivity index (χ0) is 17.8. The third kappa shape index (κ3) is 7.04. The molecule has 0 aliphatic rings. The standard InChI is InChI=1S/C17H22O7/c1-4-9-22-13-7-8-14(23-11-16(18)20-5-2)15(10-13)24-12-17(19)21-6-3/h4,7-8,10H,1,5-6,9,11-12H2,2-3H3. The van der Waals surface area contributed by atoms with E-state index in [2.05, 4.69) is 6.58 Å². The van der Waals surface area contributed by atoms with Crippen molar-refractivity contribution in [3.63, 3.8) is 0 Å². The van der Waals surface area contributed by atoms with Gasteiger partial charge in [-0.3, -0.25) is 0 Å². The lowest BCUT2D eigenvalue weighted by molar-refractivity contribution is -0.146. The van der Waals surface area contributed by atoms with Crippen LogP contribution in [0.2, 0.25) is 0 Å². The van der Waals surface area contributed by atoms with Crippen molar-refractivity contribution < 1.29 is 33.3 Å². The van der Waals surface area contributed by atoms with Gasteiger partial charge >= 0.3 is 11.9 Å². The summed E-state index contributed by atoms with van der Waals surface area (Å²) in [4.78, 5) is 22.8. The van der Waals surface area contributed by atoms with Crippen molar-refractivity contribution in [2.45, 2.75) is 13.8 Å². The first-order valence-corrected chi connectivity index (χ1v) is 7.55. The first-order valence-electron chi connectivity index (χ1n) is 7.55. The second-order valence-corrected chi connectivity index (χ2v) is 4.40. The van der Waals surface area contributed by atoms with E-state index in [4.69, 9.17) is 23.7 Å². The fourth-order valence-corrected chi connectivity index (χ4v) is 1.64. The Kier molecular flexibility index (Phi) is 8.81. The zero-order valence-electron chi connectivity index (χ0n) is 13.9. The van der Waals surface area contributed by atoms with Crippen LogP contribution in [0.5, 0.6) is 17.2 Å². The van der Waals surface area contributed by atoms with E-state index in [1.807, 2.05) is 0 Å². The summed E-state index contributed by atoms with van der Waals surface area (Å²) in [7, 11) is 0. The van der Waals surface area contributed by atoms with E-state index in [9.17, 15) is 9.59 Å². The highest BCUT2D eigenvalue weighted by Crippen LogP contribution is 2.31.